The highest BCUT2D eigenvalue weighted by atomic mass is 16.4. The van der Waals surface area contributed by atoms with Crippen LogP contribution in [0.2, 0.25) is 0 Å². The fraction of sp³-hybridized carbons (Fsp3) is 0.500. The molecular weight excluding hydrogens is 368 g/mol. The average molecular weight is 396 g/mol. The molecule has 1 spiro atoms. The van der Waals surface area contributed by atoms with Crippen molar-refractivity contribution in [2.75, 3.05) is 26.7 Å². The van der Waals surface area contributed by atoms with E-state index < -0.39 is 0 Å². The van der Waals surface area contributed by atoms with Crippen molar-refractivity contribution in [1.29, 1.82) is 0 Å². The van der Waals surface area contributed by atoms with Crippen LogP contribution in [0.4, 0.5) is 0 Å². The minimum atomic E-state index is -0.200. The van der Waals surface area contributed by atoms with Gasteiger partial charge in [-0.1, -0.05) is 6.07 Å². The van der Waals surface area contributed by atoms with Gasteiger partial charge in [-0.2, -0.15) is 0 Å². The molecule has 2 amide bonds. The van der Waals surface area contributed by atoms with Gasteiger partial charge in [-0.15, -0.1) is 0 Å². The number of aromatic nitrogens is 1. The Hall–Kier alpha value is -2.67. The van der Waals surface area contributed by atoms with E-state index in [1.807, 2.05) is 29.2 Å². The van der Waals surface area contributed by atoms with Gasteiger partial charge in [0.1, 0.15) is 5.76 Å². The second-order valence-corrected chi connectivity index (χ2v) is 8.19. The number of nitrogens with zero attached hydrogens (tertiary/aromatic N) is 3. The van der Waals surface area contributed by atoms with E-state index >= 15 is 0 Å². The molecule has 0 saturated carbocycles. The molecule has 7 heteroatoms. The number of likely N-dealkylation sites (tertiary alicyclic amines) is 2. The summed E-state index contributed by atoms with van der Waals surface area (Å²) >= 11 is 0. The van der Waals surface area contributed by atoms with Crippen LogP contribution in [0.1, 0.15) is 47.7 Å². The van der Waals surface area contributed by atoms with Crippen LogP contribution < -0.4 is 5.32 Å². The van der Waals surface area contributed by atoms with Crippen LogP contribution in [0.25, 0.3) is 0 Å². The van der Waals surface area contributed by atoms with Crippen LogP contribution in [-0.2, 0) is 17.9 Å². The first-order chi connectivity index (χ1) is 14.1. The molecule has 0 bridgehead atoms. The van der Waals surface area contributed by atoms with E-state index in [-0.39, 0.29) is 17.2 Å². The average Bonchev–Trinajstić information content (AvgIpc) is 3.21. The van der Waals surface area contributed by atoms with Gasteiger partial charge in [0.05, 0.1) is 18.8 Å². The predicted molar refractivity (Wildman–Crippen MR) is 108 cm³/mol. The van der Waals surface area contributed by atoms with Gasteiger partial charge in [0.15, 0.2) is 5.76 Å². The first-order valence-electron chi connectivity index (χ1n) is 10.3. The molecule has 154 valence electrons. The second-order valence-electron chi connectivity index (χ2n) is 8.19. The molecule has 0 atom stereocenters. The van der Waals surface area contributed by atoms with Crippen LogP contribution in [0, 0.1) is 5.41 Å². The van der Waals surface area contributed by atoms with Gasteiger partial charge < -0.3 is 14.6 Å². The molecule has 0 aromatic carbocycles. The number of carbonyl (C=O) groups is 2. The van der Waals surface area contributed by atoms with E-state index in [4.69, 9.17) is 4.42 Å². The Morgan fingerprint density at radius 3 is 2.72 bits per heavy atom. The summed E-state index contributed by atoms with van der Waals surface area (Å²) in [4.78, 5) is 32.9. The quantitative estimate of drug-likeness (QED) is 0.840. The summed E-state index contributed by atoms with van der Waals surface area (Å²) in [5, 5.41) is 2.58. The number of nitrogens with one attached hydrogen (secondary N) is 1. The molecule has 2 aromatic heterocycles. The Bertz CT molecular complexity index is 856. The second kappa shape index (κ2) is 8.37. The molecule has 0 aliphatic carbocycles. The highest BCUT2D eigenvalue weighted by molar-refractivity contribution is 5.91. The minimum Gasteiger partial charge on any atom is -0.455 e. The number of pyridine rings is 1. The van der Waals surface area contributed by atoms with Crippen molar-refractivity contribution in [2.24, 2.45) is 5.41 Å². The van der Waals surface area contributed by atoms with Crippen LogP contribution in [-0.4, -0.2) is 53.3 Å². The smallest absolute Gasteiger partial charge is 0.286 e. The lowest BCUT2D eigenvalue weighted by molar-refractivity contribution is -0.140. The van der Waals surface area contributed by atoms with E-state index in [1.54, 1.807) is 19.3 Å². The summed E-state index contributed by atoms with van der Waals surface area (Å²) in [6, 6.07) is 9.45. The maximum Gasteiger partial charge on any atom is 0.286 e. The fourth-order valence-corrected chi connectivity index (χ4v) is 4.46. The predicted octanol–water partition coefficient (Wildman–Crippen LogP) is 2.44. The van der Waals surface area contributed by atoms with E-state index in [2.05, 4.69) is 15.2 Å². The molecular formula is C22H28N4O3. The third kappa shape index (κ3) is 4.50. The maximum absolute atomic E-state index is 12.5. The molecule has 2 fully saturated rings. The molecule has 4 rings (SSSR count). The Kier molecular flexibility index (Phi) is 5.67. The Labute approximate surface area is 171 Å². The van der Waals surface area contributed by atoms with Crippen molar-refractivity contribution in [2.45, 2.75) is 38.8 Å². The Morgan fingerprint density at radius 2 is 2.00 bits per heavy atom. The highest BCUT2D eigenvalue weighted by Crippen LogP contribution is 2.40. The normalized spacial score (nSPS) is 19.5. The monoisotopic (exact) mass is 396 g/mol. The van der Waals surface area contributed by atoms with Crippen molar-refractivity contribution in [3.8, 4) is 0 Å². The van der Waals surface area contributed by atoms with Crippen LogP contribution in [0.15, 0.2) is 40.9 Å². The molecule has 29 heavy (non-hydrogen) atoms. The van der Waals surface area contributed by atoms with Gasteiger partial charge in [-0.25, -0.2) is 0 Å². The van der Waals surface area contributed by atoms with E-state index in [0.29, 0.717) is 25.3 Å². The zero-order chi connectivity index (χ0) is 20.3. The van der Waals surface area contributed by atoms with Gasteiger partial charge >= 0.3 is 0 Å². The lowest BCUT2D eigenvalue weighted by atomic mass is 9.72. The fourth-order valence-electron chi connectivity index (χ4n) is 4.46. The van der Waals surface area contributed by atoms with Gasteiger partial charge in [0.25, 0.3) is 5.91 Å². The zero-order valence-corrected chi connectivity index (χ0v) is 16.9. The van der Waals surface area contributed by atoms with Crippen LogP contribution in [0.5, 0.6) is 0 Å². The number of carbonyl (C=O) groups excluding carboxylic acids is 2. The highest BCUT2D eigenvalue weighted by Gasteiger charge is 2.41. The number of piperidine rings is 2. The van der Waals surface area contributed by atoms with Crippen molar-refractivity contribution < 1.29 is 14.0 Å². The number of amides is 2. The van der Waals surface area contributed by atoms with Crippen LogP contribution in [0.3, 0.4) is 0 Å². The van der Waals surface area contributed by atoms with Crippen molar-refractivity contribution >= 4 is 11.8 Å². The molecule has 0 radical (unpaired) electrons. The third-order valence-electron chi connectivity index (χ3n) is 6.24. The molecule has 2 saturated heterocycles. The van der Waals surface area contributed by atoms with Gasteiger partial charge in [0.2, 0.25) is 5.91 Å². The van der Waals surface area contributed by atoms with Crippen molar-refractivity contribution in [3.05, 3.63) is 53.7 Å². The van der Waals surface area contributed by atoms with E-state index in [0.717, 1.165) is 50.4 Å². The summed E-state index contributed by atoms with van der Waals surface area (Å²) in [5.74, 6) is 1.21. The molecule has 0 unspecified atom stereocenters. The number of rotatable bonds is 5. The van der Waals surface area contributed by atoms with Gasteiger partial charge in [0, 0.05) is 26.2 Å². The topological polar surface area (TPSA) is 78.7 Å². The first kappa shape index (κ1) is 19.6. The summed E-state index contributed by atoms with van der Waals surface area (Å²) in [6.07, 6.45) is 5.52. The third-order valence-corrected chi connectivity index (χ3v) is 6.24. The molecule has 2 aliphatic heterocycles. The van der Waals surface area contributed by atoms with Crippen molar-refractivity contribution in [3.63, 3.8) is 0 Å². The molecule has 4 heterocycles. The number of furan rings is 1. The van der Waals surface area contributed by atoms with E-state index in [1.165, 1.54) is 0 Å². The first-order valence-corrected chi connectivity index (χ1v) is 10.3. The lowest BCUT2D eigenvalue weighted by Gasteiger charge is -2.47. The molecule has 1 N–H and O–H groups in total. The number of hydrogen-bond acceptors (Lipinski definition) is 5. The van der Waals surface area contributed by atoms with Gasteiger partial charge in [-0.3, -0.25) is 19.5 Å². The summed E-state index contributed by atoms with van der Waals surface area (Å²) in [6.45, 7) is 4.07. The largest absolute Gasteiger partial charge is 0.455 e. The summed E-state index contributed by atoms with van der Waals surface area (Å²) in [7, 11) is 1.60. The summed E-state index contributed by atoms with van der Waals surface area (Å²) < 4.78 is 5.66. The number of hydrogen-bond donors (Lipinski definition) is 1. The summed E-state index contributed by atoms with van der Waals surface area (Å²) in [5.41, 5.74) is 1.15. The molecule has 7 nitrogen and oxygen atoms in total. The zero-order valence-electron chi connectivity index (χ0n) is 16.9. The van der Waals surface area contributed by atoms with Crippen LogP contribution >= 0.6 is 0 Å². The van der Waals surface area contributed by atoms with Gasteiger partial charge in [-0.05, 0) is 62.0 Å². The Balaban J connectivity index is 1.33. The SMILES string of the molecule is CNC(=O)c1ccc(CN2CCC3(CCC(=O)N(Cc4ccccn4)C3)CC2)o1. The van der Waals surface area contributed by atoms with Crippen molar-refractivity contribution in [1.82, 2.24) is 20.1 Å². The lowest BCUT2D eigenvalue weighted by Crippen LogP contribution is -2.51. The minimum absolute atomic E-state index is 0.200. The maximum atomic E-state index is 12.5. The van der Waals surface area contributed by atoms with E-state index in [9.17, 15) is 9.59 Å². The standard InChI is InChI=1S/C22H28N4O3/c1-23-21(28)19-6-5-18(29-19)15-25-12-9-22(10-13-25)8-7-20(27)26(16-22)14-17-4-2-3-11-24-17/h2-6,11H,7-10,12-16H2,1H3,(H,23,28). The Morgan fingerprint density at radius 1 is 1.17 bits per heavy atom. The molecule has 2 aromatic rings. The molecule has 2 aliphatic rings.